The van der Waals surface area contributed by atoms with Crippen molar-refractivity contribution in [2.75, 3.05) is 6.54 Å². The summed E-state index contributed by atoms with van der Waals surface area (Å²) in [5.41, 5.74) is 0.356. The Hall–Kier alpha value is -1.68. The molecule has 0 aliphatic rings. The van der Waals surface area contributed by atoms with Gasteiger partial charge in [-0.3, -0.25) is 4.79 Å². The van der Waals surface area contributed by atoms with Crippen molar-refractivity contribution >= 4 is 12.0 Å². The highest BCUT2D eigenvalue weighted by Gasteiger charge is 1.99. The van der Waals surface area contributed by atoms with Gasteiger partial charge in [0, 0.05) is 18.2 Å². The number of rotatable bonds is 4. The third kappa shape index (κ3) is 4.23. The van der Waals surface area contributed by atoms with Crippen LogP contribution in [0.2, 0.25) is 0 Å². The van der Waals surface area contributed by atoms with Gasteiger partial charge in [-0.15, -0.1) is 0 Å². The zero-order valence-electron chi connectivity index (χ0n) is 8.98. The zero-order chi connectivity index (χ0) is 12.0. The summed E-state index contributed by atoms with van der Waals surface area (Å²) in [6.45, 7) is 1.75. The molecule has 0 aromatic heterocycles. The van der Waals surface area contributed by atoms with Gasteiger partial charge in [0.05, 0.1) is 6.10 Å². The second kappa shape index (κ2) is 6.02. The van der Waals surface area contributed by atoms with E-state index in [0.717, 1.165) is 0 Å². The van der Waals surface area contributed by atoms with Gasteiger partial charge in [0.25, 0.3) is 0 Å². The average Bonchev–Trinajstić information content (AvgIpc) is 2.25. The molecule has 1 aromatic rings. The van der Waals surface area contributed by atoms with Crippen molar-refractivity contribution in [3.8, 4) is 0 Å². The van der Waals surface area contributed by atoms with Gasteiger partial charge in [-0.05, 0) is 19.1 Å². The minimum atomic E-state index is -0.592. The maximum atomic E-state index is 13.1. The number of amides is 1. The molecule has 3 nitrogen and oxygen atoms in total. The van der Waals surface area contributed by atoms with Crippen molar-refractivity contribution < 1.29 is 14.3 Å². The first kappa shape index (κ1) is 12.4. The van der Waals surface area contributed by atoms with Crippen LogP contribution in [0.5, 0.6) is 0 Å². The zero-order valence-corrected chi connectivity index (χ0v) is 8.98. The highest BCUT2D eigenvalue weighted by atomic mass is 19.1. The number of carbonyl (C=O) groups excluding carboxylic acids is 1. The lowest BCUT2D eigenvalue weighted by atomic mass is 10.2. The summed E-state index contributed by atoms with van der Waals surface area (Å²) >= 11 is 0. The predicted molar refractivity (Wildman–Crippen MR) is 60.1 cm³/mol. The molecular formula is C12H14FNO2. The van der Waals surface area contributed by atoms with E-state index in [1.807, 2.05) is 0 Å². The number of carbonyl (C=O) groups is 1. The maximum absolute atomic E-state index is 13.1. The molecule has 1 aromatic carbocycles. The maximum Gasteiger partial charge on any atom is 0.244 e. The fourth-order valence-electron chi connectivity index (χ4n) is 1.08. The van der Waals surface area contributed by atoms with Gasteiger partial charge in [0.2, 0.25) is 5.91 Å². The van der Waals surface area contributed by atoms with Crippen LogP contribution in [-0.4, -0.2) is 23.7 Å². The molecule has 1 rings (SSSR count). The SMILES string of the molecule is CC(O)CNC(=O)/C=C/c1ccccc1F. The Morgan fingerprint density at radius 1 is 1.56 bits per heavy atom. The summed E-state index contributed by atoms with van der Waals surface area (Å²) in [6, 6.07) is 6.18. The molecule has 0 saturated heterocycles. The summed E-state index contributed by atoms with van der Waals surface area (Å²) in [6.07, 6.45) is 2.04. The Kier molecular flexibility index (Phi) is 4.66. The highest BCUT2D eigenvalue weighted by molar-refractivity contribution is 5.91. The molecule has 4 heteroatoms. The molecule has 1 unspecified atom stereocenters. The van der Waals surface area contributed by atoms with Crippen molar-refractivity contribution in [2.45, 2.75) is 13.0 Å². The molecule has 0 heterocycles. The molecule has 0 aliphatic carbocycles. The summed E-state index contributed by atoms with van der Waals surface area (Å²) in [5, 5.41) is 11.4. The lowest BCUT2D eigenvalue weighted by molar-refractivity contribution is -0.116. The van der Waals surface area contributed by atoms with Crippen LogP contribution in [0.4, 0.5) is 4.39 Å². The third-order valence-electron chi connectivity index (χ3n) is 1.89. The first-order valence-electron chi connectivity index (χ1n) is 4.98. The van der Waals surface area contributed by atoms with E-state index in [1.54, 1.807) is 25.1 Å². The van der Waals surface area contributed by atoms with Gasteiger partial charge in [-0.25, -0.2) is 4.39 Å². The van der Waals surface area contributed by atoms with Gasteiger partial charge in [0.1, 0.15) is 5.82 Å². The van der Waals surface area contributed by atoms with E-state index in [1.165, 1.54) is 18.2 Å². The normalized spacial score (nSPS) is 12.7. The fraction of sp³-hybridized carbons (Fsp3) is 0.250. The Labute approximate surface area is 93.6 Å². The average molecular weight is 223 g/mol. The lowest BCUT2D eigenvalue weighted by Crippen LogP contribution is -2.28. The summed E-state index contributed by atoms with van der Waals surface area (Å²) in [7, 11) is 0. The molecule has 0 bridgehead atoms. The smallest absolute Gasteiger partial charge is 0.244 e. The van der Waals surface area contributed by atoms with E-state index in [2.05, 4.69) is 5.32 Å². The molecule has 1 atom stereocenters. The molecule has 0 spiro atoms. The van der Waals surface area contributed by atoms with Gasteiger partial charge in [0.15, 0.2) is 0 Å². The number of aliphatic hydroxyl groups excluding tert-OH is 1. The Bertz CT molecular complexity index is 388. The van der Waals surface area contributed by atoms with E-state index < -0.39 is 6.10 Å². The van der Waals surface area contributed by atoms with E-state index in [4.69, 9.17) is 5.11 Å². The second-order valence-electron chi connectivity index (χ2n) is 3.45. The molecule has 0 fully saturated rings. The quantitative estimate of drug-likeness (QED) is 0.757. The number of nitrogens with one attached hydrogen (secondary N) is 1. The van der Waals surface area contributed by atoms with E-state index in [-0.39, 0.29) is 18.3 Å². The van der Waals surface area contributed by atoms with Crippen molar-refractivity contribution in [2.24, 2.45) is 0 Å². The van der Waals surface area contributed by atoms with Gasteiger partial charge in [-0.1, -0.05) is 18.2 Å². The Balaban J connectivity index is 2.54. The van der Waals surface area contributed by atoms with Crippen LogP contribution >= 0.6 is 0 Å². The molecule has 0 radical (unpaired) electrons. The topological polar surface area (TPSA) is 49.3 Å². The number of benzene rings is 1. The monoisotopic (exact) mass is 223 g/mol. The molecule has 0 saturated carbocycles. The van der Waals surface area contributed by atoms with Crippen molar-refractivity contribution in [3.05, 3.63) is 41.7 Å². The lowest BCUT2D eigenvalue weighted by Gasteiger charge is -2.03. The van der Waals surface area contributed by atoms with Gasteiger partial charge in [-0.2, -0.15) is 0 Å². The van der Waals surface area contributed by atoms with E-state index >= 15 is 0 Å². The van der Waals surface area contributed by atoms with Crippen molar-refractivity contribution in [3.63, 3.8) is 0 Å². The molecule has 86 valence electrons. The Morgan fingerprint density at radius 3 is 2.88 bits per heavy atom. The number of hydrogen-bond donors (Lipinski definition) is 2. The molecular weight excluding hydrogens is 209 g/mol. The summed E-state index contributed by atoms with van der Waals surface area (Å²) in [4.78, 5) is 11.2. The van der Waals surface area contributed by atoms with Crippen LogP contribution < -0.4 is 5.32 Å². The van der Waals surface area contributed by atoms with E-state index in [9.17, 15) is 9.18 Å². The number of hydrogen-bond acceptors (Lipinski definition) is 2. The van der Waals surface area contributed by atoms with Crippen LogP contribution in [0.25, 0.3) is 6.08 Å². The molecule has 16 heavy (non-hydrogen) atoms. The van der Waals surface area contributed by atoms with Crippen LogP contribution in [-0.2, 0) is 4.79 Å². The van der Waals surface area contributed by atoms with Crippen LogP contribution in [0.15, 0.2) is 30.3 Å². The second-order valence-corrected chi connectivity index (χ2v) is 3.45. The molecule has 2 N–H and O–H groups in total. The molecule has 0 aliphatic heterocycles. The van der Waals surface area contributed by atoms with Gasteiger partial charge >= 0.3 is 0 Å². The minimum Gasteiger partial charge on any atom is -0.392 e. The van der Waals surface area contributed by atoms with Crippen LogP contribution in [0.1, 0.15) is 12.5 Å². The minimum absolute atomic E-state index is 0.181. The third-order valence-corrected chi connectivity index (χ3v) is 1.89. The number of halogens is 1. The van der Waals surface area contributed by atoms with Crippen LogP contribution in [0.3, 0.4) is 0 Å². The first-order chi connectivity index (χ1) is 7.59. The first-order valence-corrected chi connectivity index (χ1v) is 4.98. The van der Waals surface area contributed by atoms with Crippen molar-refractivity contribution in [1.29, 1.82) is 0 Å². The van der Waals surface area contributed by atoms with Gasteiger partial charge < -0.3 is 10.4 Å². The van der Waals surface area contributed by atoms with Crippen molar-refractivity contribution in [1.82, 2.24) is 5.32 Å². The Morgan fingerprint density at radius 2 is 2.25 bits per heavy atom. The molecule has 1 amide bonds. The van der Waals surface area contributed by atoms with Crippen LogP contribution in [0, 0.1) is 5.82 Å². The summed E-state index contributed by atoms with van der Waals surface area (Å²) < 4.78 is 13.1. The fourth-order valence-corrected chi connectivity index (χ4v) is 1.08. The number of aliphatic hydroxyl groups is 1. The standard InChI is InChI=1S/C12H14FNO2/c1-9(15)8-14-12(16)7-6-10-4-2-3-5-11(10)13/h2-7,9,15H,8H2,1H3,(H,14,16)/b7-6+. The van der Waals surface area contributed by atoms with E-state index in [0.29, 0.717) is 5.56 Å². The highest BCUT2D eigenvalue weighted by Crippen LogP contribution is 2.07. The largest absolute Gasteiger partial charge is 0.392 e. The summed E-state index contributed by atoms with van der Waals surface area (Å²) in [5.74, 6) is -0.730. The predicted octanol–water partition coefficient (Wildman–Crippen LogP) is 1.34.